The summed E-state index contributed by atoms with van der Waals surface area (Å²) in [5.74, 6) is 0.470. The van der Waals surface area contributed by atoms with Gasteiger partial charge in [-0.2, -0.15) is 5.10 Å². The molecule has 0 rings (SSSR count). The second kappa shape index (κ2) is 4.78. The second-order valence-electron chi connectivity index (χ2n) is 2.47. The van der Waals surface area contributed by atoms with Gasteiger partial charge in [0.05, 0.1) is 0 Å². The minimum absolute atomic E-state index is 0.125. The maximum atomic E-state index is 6.73. The van der Waals surface area contributed by atoms with E-state index >= 15 is 0 Å². The summed E-state index contributed by atoms with van der Waals surface area (Å²) in [7, 11) is 0. The molecule has 58 valence electrons. The lowest BCUT2D eigenvalue weighted by Crippen LogP contribution is -2.25. The van der Waals surface area contributed by atoms with E-state index in [2.05, 4.69) is 24.4 Å². The van der Waals surface area contributed by atoms with Crippen LogP contribution >= 0.6 is 0 Å². The molecule has 0 heterocycles. The average molecular weight is 142 g/mol. The Kier molecular flexibility index (Phi) is 4.28. The Hall–Kier alpha value is -1.06. The van der Waals surface area contributed by atoms with Crippen molar-refractivity contribution in [3.8, 4) is 0 Å². The fraction of sp³-hybridized carbons (Fsp3) is 0.667. The van der Waals surface area contributed by atoms with E-state index in [-0.39, 0.29) is 5.96 Å². The standard InChI is InChI=1S/C6H14N4/c1-5(2)3-4-9-10-6(7)8/h4-5H,3H2,1-2H3,(H4,7,8,10). The Morgan fingerprint density at radius 3 is 2.80 bits per heavy atom. The van der Waals surface area contributed by atoms with Gasteiger partial charge in [0, 0.05) is 6.21 Å². The minimum Gasteiger partial charge on any atom is -0.369 e. The highest BCUT2D eigenvalue weighted by molar-refractivity contribution is 5.75. The molecule has 0 bridgehead atoms. The van der Waals surface area contributed by atoms with Gasteiger partial charge in [-0.3, -0.25) is 5.41 Å². The maximum Gasteiger partial charge on any atom is 0.206 e. The van der Waals surface area contributed by atoms with Crippen molar-refractivity contribution in [1.29, 1.82) is 5.41 Å². The molecule has 0 atom stereocenters. The van der Waals surface area contributed by atoms with E-state index in [0.29, 0.717) is 5.92 Å². The predicted octanol–water partition coefficient (Wildman–Crippen LogP) is 0.501. The Labute approximate surface area is 61.0 Å². The molecule has 0 fully saturated rings. The van der Waals surface area contributed by atoms with Gasteiger partial charge in [-0.25, -0.2) is 5.43 Å². The number of hydrogen-bond donors (Lipinski definition) is 3. The Bertz CT molecular complexity index is 128. The predicted molar refractivity (Wildman–Crippen MR) is 43.0 cm³/mol. The molecule has 0 aliphatic rings. The number of guanidine groups is 1. The molecule has 0 saturated carbocycles. The molecule has 0 aromatic heterocycles. The molecule has 0 radical (unpaired) electrons. The fourth-order valence-corrected chi connectivity index (χ4v) is 0.379. The summed E-state index contributed by atoms with van der Waals surface area (Å²) in [4.78, 5) is 0. The first kappa shape index (κ1) is 8.94. The zero-order chi connectivity index (χ0) is 7.98. The molecule has 0 aliphatic carbocycles. The number of nitrogens with two attached hydrogens (primary N) is 1. The van der Waals surface area contributed by atoms with Gasteiger partial charge in [0.15, 0.2) is 0 Å². The fourth-order valence-electron chi connectivity index (χ4n) is 0.379. The minimum atomic E-state index is -0.125. The first-order valence-corrected chi connectivity index (χ1v) is 3.24. The van der Waals surface area contributed by atoms with Gasteiger partial charge < -0.3 is 5.73 Å². The van der Waals surface area contributed by atoms with Crippen LogP contribution in [-0.2, 0) is 0 Å². The lowest BCUT2D eigenvalue weighted by molar-refractivity contribution is 0.688. The normalized spacial score (nSPS) is 10.7. The zero-order valence-electron chi connectivity index (χ0n) is 6.39. The largest absolute Gasteiger partial charge is 0.369 e. The van der Waals surface area contributed by atoms with Gasteiger partial charge in [0.1, 0.15) is 0 Å². The summed E-state index contributed by atoms with van der Waals surface area (Å²) >= 11 is 0. The number of hydrazone groups is 1. The SMILES string of the molecule is CC(C)CC=NNC(=N)N. The van der Waals surface area contributed by atoms with Crippen LogP contribution in [0.25, 0.3) is 0 Å². The van der Waals surface area contributed by atoms with Crippen molar-refractivity contribution in [2.24, 2.45) is 16.8 Å². The van der Waals surface area contributed by atoms with E-state index in [1.54, 1.807) is 6.21 Å². The molecule has 10 heavy (non-hydrogen) atoms. The monoisotopic (exact) mass is 142 g/mol. The lowest BCUT2D eigenvalue weighted by Gasteiger charge is -1.96. The highest BCUT2D eigenvalue weighted by atomic mass is 15.3. The lowest BCUT2D eigenvalue weighted by atomic mass is 10.2. The van der Waals surface area contributed by atoms with Gasteiger partial charge in [0.2, 0.25) is 5.96 Å². The maximum absolute atomic E-state index is 6.73. The second-order valence-corrected chi connectivity index (χ2v) is 2.47. The van der Waals surface area contributed by atoms with Crippen LogP contribution < -0.4 is 11.2 Å². The van der Waals surface area contributed by atoms with E-state index in [9.17, 15) is 0 Å². The van der Waals surface area contributed by atoms with Crippen LogP contribution in [0.5, 0.6) is 0 Å². The molecule has 0 spiro atoms. The molecule has 0 aromatic rings. The Morgan fingerprint density at radius 2 is 2.40 bits per heavy atom. The van der Waals surface area contributed by atoms with E-state index in [1.807, 2.05) is 0 Å². The van der Waals surface area contributed by atoms with Crippen molar-refractivity contribution in [3.63, 3.8) is 0 Å². The summed E-state index contributed by atoms with van der Waals surface area (Å²) < 4.78 is 0. The third-order valence-corrected chi connectivity index (χ3v) is 0.853. The molecular weight excluding hydrogens is 128 g/mol. The van der Waals surface area contributed by atoms with Crippen molar-refractivity contribution < 1.29 is 0 Å². The molecule has 0 aliphatic heterocycles. The zero-order valence-corrected chi connectivity index (χ0v) is 6.39. The third-order valence-electron chi connectivity index (χ3n) is 0.853. The molecule has 4 heteroatoms. The van der Waals surface area contributed by atoms with E-state index < -0.39 is 0 Å². The van der Waals surface area contributed by atoms with Crippen LogP contribution in [0.15, 0.2) is 5.10 Å². The number of hydrogen-bond acceptors (Lipinski definition) is 2. The third kappa shape index (κ3) is 6.94. The topological polar surface area (TPSA) is 74.3 Å². The first-order chi connectivity index (χ1) is 4.63. The van der Waals surface area contributed by atoms with E-state index in [4.69, 9.17) is 11.1 Å². The summed E-state index contributed by atoms with van der Waals surface area (Å²) in [5, 5.41) is 10.4. The van der Waals surface area contributed by atoms with Crippen LogP contribution in [0.1, 0.15) is 20.3 Å². The van der Waals surface area contributed by atoms with Crippen LogP contribution in [-0.4, -0.2) is 12.2 Å². The average Bonchev–Trinajstić information content (AvgIpc) is 1.79. The highest BCUT2D eigenvalue weighted by Crippen LogP contribution is 1.93. The summed E-state index contributed by atoms with van der Waals surface area (Å²) in [5.41, 5.74) is 7.30. The molecule has 0 aromatic carbocycles. The van der Waals surface area contributed by atoms with Crippen molar-refractivity contribution in [1.82, 2.24) is 5.43 Å². The van der Waals surface area contributed by atoms with Crippen molar-refractivity contribution >= 4 is 12.2 Å². The highest BCUT2D eigenvalue weighted by Gasteiger charge is 1.87. The van der Waals surface area contributed by atoms with Gasteiger partial charge in [-0.1, -0.05) is 13.8 Å². The van der Waals surface area contributed by atoms with Crippen molar-refractivity contribution in [2.45, 2.75) is 20.3 Å². The Balaban J connectivity index is 3.29. The van der Waals surface area contributed by atoms with Crippen LogP contribution in [0.2, 0.25) is 0 Å². The number of rotatable bonds is 3. The summed E-state index contributed by atoms with van der Waals surface area (Å²) in [6, 6.07) is 0. The van der Waals surface area contributed by atoms with Gasteiger partial charge in [0.25, 0.3) is 0 Å². The quantitative estimate of drug-likeness (QED) is 0.305. The molecule has 4 nitrogen and oxygen atoms in total. The van der Waals surface area contributed by atoms with Crippen LogP contribution in [0, 0.1) is 11.3 Å². The van der Waals surface area contributed by atoms with E-state index in [1.165, 1.54) is 0 Å². The molecular formula is C6H14N4. The molecule has 4 N–H and O–H groups in total. The Morgan fingerprint density at radius 1 is 1.80 bits per heavy atom. The molecule has 0 unspecified atom stereocenters. The molecule has 0 saturated heterocycles. The number of nitrogens with one attached hydrogen (secondary N) is 2. The number of nitrogens with zero attached hydrogens (tertiary/aromatic N) is 1. The van der Waals surface area contributed by atoms with Crippen molar-refractivity contribution in [2.75, 3.05) is 0 Å². The summed E-state index contributed by atoms with van der Waals surface area (Å²) in [6.45, 7) is 4.19. The van der Waals surface area contributed by atoms with E-state index in [0.717, 1.165) is 6.42 Å². The van der Waals surface area contributed by atoms with Crippen molar-refractivity contribution in [3.05, 3.63) is 0 Å². The van der Waals surface area contributed by atoms with Gasteiger partial charge >= 0.3 is 0 Å². The first-order valence-electron chi connectivity index (χ1n) is 3.24. The smallest absolute Gasteiger partial charge is 0.206 e. The molecule has 0 amide bonds. The summed E-state index contributed by atoms with van der Waals surface area (Å²) in [6.07, 6.45) is 2.62. The van der Waals surface area contributed by atoms with Gasteiger partial charge in [-0.05, 0) is 12.3 Å². The van der Waals surface area contributed by atoms with Crippen LogP contribution in [0.3, 0.4) is 0 Å². The van der Waals surface area contributed by atoms with Gasteiger partial charge in [-0.15, -0.1) is 0 Å². The van der Waals surface area contributed by atoms with Crippen LogP contribution in [0.4, 0.5) is 0 Å².